The SMILES string of the molecule is CC(C)[C@@H](CO)NC(=O)c1ccc2cc(Br)ccc2c1. The Bertz CT molecular complexity index is 625. The number of carbonyl (C=O) groups excluding carboxylic acids is 1. The van der Waals surface area contributed by atoms with Gasteiger partial charge in [-0.3, -0.25) is 4.79 Å². The topological polar surface area (TPSA) is 49.3 Å². The molecule has 2 aromatic carbocycles. The van der Waals surface area contributed by atoms with E-state index in [0.29, 0.717) is 5.56 Å². The molecule has 0 spiro atoms. The van der Waals surface area contributed by atoms with Crippen molar-refractivity contribution in [2.24, 2.45) is 5.92 Å². The second-order valence-electron chi connectivity index (χ2n) is 5.21. The predicted molar refractivity (Wildman–Crippen MR) is 84.8 cm³/mol. The summed E-state index contributed by atoms with van der Waals surface area (Å²) in [4.78, 5) is 12.2. The first-order valence-electron chi connectivity index (χ1n) is 6.62. The highest BCUT2D eigenvalue weighted by Crippen LogP contribution is 2.21. The van der Waals surface area contributed by atoms with E-state index >= 15 is 0 Å². The highest BCUT2D eigenvalue weighted by molar-refractivity contribution is 9.10. The van der Waals surface area contributed by atoms with E-state index in [1.807, 2.05) is 44.2 Å². The zero-order chi connectivity index (χ0) is 14.7. The monoisotopic (exact) mass is 335 g/mol. The standard InChI is InChI=1S/C16H18BrNO2/c1-10(2)15(9-19)18-16(20)13-4-3-12-8-14(17)6-5-11(12)7-13/h3-8,10,15,19H,9H2,1-2H3,(H,18,20)/t15-/m1/s1. The van der Waals surface area contributed by atoms with E-state index in [1.165, 1.54) is 0 Å². The van der Waals surface area contributed by atoms with Crippen LogP contribution >= 0.6 is 15.9 Å². The summed E-state index contributed by atoms with van der Waals surface area (Å²) in [5.74, 6) is 0.0444. The van der Waals surface area contributed by atoms with E-state index in [-0.39, 0.29) is 24.5 Å². The van der Waals surface area contributed by atoms with Crippen molar-refractivity contribution >= 4 is 32.6 Å². The minimum atomic E-state index is -0.219. The molecule has 0 radical (unpaired) electrons. The summed E-state index contributed by atoms with van der Waals surface area (Å²) in [6.45, 7) is 3.89. The number of aliphatic hydroxyl groups is 1. The summed E-state index contributed by atoms with van der Waals surface area (Å²) in [5, 5.41) is 14.2. The molecule has 106 valence electrons. The lowest BCUT2D eigenvalue weighted by molar-refractivity contribution is 0.0897. The van der Waals surface area contributed by atoms with Gasteiger partial charge in [-0.2, -0.15) is 0 Å². The zero-order valence-electron chi connectivity index (χ0n) is 11.6. The van der Waals surface area contributed by atoms with E-state index in [0.717, 1.165) is 15.2 Å². The van der Waals surface area contributed by atoms with E-state index in [4.69, 9.17) is 0 Å². The minimum Gasteiger partial charge on any atom is -0.394 e. The van der Waals surface area contributed by atoms with Gasteiger partial charge in [0.15, 0.2) is 0 Å². The maximum atomic E-state index is 12.2. The first-order chi connectivity index (χ1) is 9.51. The molecular weight excluding hydrogens is 318 g/mol. The molecular formula is C16H18BrNO2. The quantitative estimate of drug-likeness (QED) is 0.900. The van der Waals surface area contributed by atoms with Crippen LogP contribution in [0.25, 0.3) is 10.8 Å². The summed E-state index contributed by atoms with van der Waals surface area (Å²) < 4.78 is 1.02. The number of aliphatic hydroxyl groups excluding tert-OH is 1. The molecule has 0 aliphatic carbocycles. The number of fused-ring (bicyclic) bond motifs is 1. The lowest BCUT2D eigenvalue weighted by Gasteiger charge is -2.20. The highest BCUT2D eigenvalue weighted by atomic mass is 79.9. The molecule has 0 fully saturated rings. The first kappa shape index (κ1) is 15.0. The van der Waals surface area contributed by atoms with Crippen molar-refractivity contribution < 1.29 is 9.90 Å². The van der Waals surface area contributed by atoms with Gasteiger partial charge >= 0.3 is 0 Å². The maximum absolute atomic E-state index is 12.2. The number of hydrogen-bond donors (Lipinski definition) is 2. The van der Waals surface area contributed by atoms with Crippen molar-refractivity contribution in [1.82, 2.24) is 5.32 Å². The van der Waals surface area contributed by atoms with Gasteiger partial charge in [0.05, 0.1) is 12.6 Å². The van der Waals surface area contributed by atoms with Crippen LogP contribution in [0.1, 0.15) is 24.2 Å². The number of benzene rings is 2. The average Bonchev–Trinajstić information content (AvgIpc) is 2.43. The Hall–Kier alpha value is -1.39. The fourth-order valence-electron chi connectivity index (χ4n) is 2.03. The second-order valence-corrected chi connectivity index (χ2v) is 6.13. The van der Waals surface area contributed by atoms with E-state index in [1.54, 1.807) is 6.07 Å². The molecule has 20 heavy (non-hydrogen) atoms. The van der Waals surface area contributed by atoms with Crippen LogP contribution in [0.3, 0.4) is 0 Å². The van der Waals surface area contributed by atoms with Crippen LogP contribution in [0.4, 0.5) is 0 Å². The van der Waals surface area contributed by atoms with Gasteiger partial charge in [-0.15, -0.1) is 0 Å². The fourth-order valence-corrected chi connectivity index (χ4v) is 2.41. The molecule has 0 unspecified atom stereocenters. The number of nitrogens with one attached hydrogen (secondary N) is 1. The Kier molecular flexibility index (Phi) is 4.78. The van der Waals surface area contributed by atoms with Crippen LogP contribution in [0, 0.1) is 5.92 Å². The number of halogens is 1. The lowest BCUT2D eigenvalue weighted by atomic mass is 10.0. The van der Waals surface area contributed by atoms with E-state index < -0.39 is 0 Å². The van der Waals surface area contributed by atoms with Crippen molar-refractivity contribution in [3.05, 3.63) is 46.4 Å². The van der Waals surface area contributed by atoms with Crippen molar-refractivity contribution in [3.63, 3.8) is 0 Å². The average molecular weight is 336 g/mol. The third-order valence-electron chi connectivity index (χ3n) is 3.38. The molecule has 0 bridgehead atoms. The van der Waals surface area contributed by atoms with Crippen LogP contribution in [0.2, 0.25) is 0 Å². The van der Waals surface area contributed by atoms with Gasteiger partial charge in [-0.25, -0.2) is 0 Å². The van der Waals surface area contributed by atoms with Crippen molar-refractivity contribution in [3.8, 4) is 0 Å². The number of amides is 1. The van der Waals surface area contributed by atoms with Crippen LogP contribution < -0.4 is 5.32 Å². The number of rotatable bonds is 4. The Morgan fingerprint density at radius 3 is 2.50 bits per heavy atom. The molecule has 1 amide bonds. The Balaban J connectivity index is 2.24. The molecule has 0 aliphatic heterocycles. The molecule has 2 aromatic rings. The maximum Gasteiger partial charge on any atom is 0.251 e. The van der Waals surface area contributed by atoms with Gasteiger partial charge < -0.3 is 10.4 Å². The molecule has 0 heterocycles. The first-order valence-corrected chi connectivity index (χ1v) is 7.41. The highest BCUT2D eigenvalue weighted by Gasteiger charge is 2.16. The predicted octanol–water partition coefficient (Wildman–Crippen LogP) is 3.35. The summed E-state index contributed by atoms with van der Waals surface area (Å²) in [5.41, 5.74) is 0.610. The Morgan fingerprint density at radius 2 is 1.85 bits per heavy atom. The van der Waals surface area contributed by atoms with E-state index in [2.05, 4.69) is 21.2 Å². The van der Waals surface area contributed by atoms with E-state index in [9.17, 15) is 9.90 Å². The van der Waals surface area contributed by atoms with Crippen LogP contribution in [-0.4, -0.2) is 23.7 Å². The summed E-state index contributed by atoms with van der Waals surface area (Å²) >= 11 is 3.43. The molecule has 3 nitrogen and oxygen atoms in total. The molecule has 0 saturated heterocycles. The van der Waals surface area contributed by atoms with Gasteiger partial charge in [0.25, 0.3) is 5.91 Å². The smallest absolute Gasteiger partial charge is 0.251 e. The van der Waals surface area contributed by atoms with Crippen molar-refractivity contribution in [1.29, 1.82) is 0 Å². The summed E-state index contributed by atoms with van der Waals surface area (Å²) in [6, 6.07) is 11.3. The van der Waals surface area contributed by atoms with Gasteiger partial charge in [0, 0.05) is 10.0 Å². The molecule has 0 aliphatic rings. The molecule has 0 saturated carbocycles. The Labute approximate surface area is 127 Å². The minimum absolute atomic E-state index is 0.0517. The molecule has 2 N–H and O–H groups in total. The largest absolute Gasteiger partial charge is 0.394 e. The molecule has 1 atom stereocenters. The molecule has 0 aromatic heterocycles. The third kappa shape index (κ3) is 3.38. The van der Waals surface area contributed by atoms with Gasteiger partial charge in [0.1, 0.15) is 0 Å². The summed E-state index contributed by atoms with van der Waals surface area (Å²) in [6.07, 6.45) is 0. The lowest BCUT2D eigenvalue weighted by Crippen LogP contribution is -2.41. The second kappa shape index (κ2) is 6.37. The van der Waals surface area contributed by atoms with Crippen LogP contribution in [0.15, 0.2) is 40.9 Å². The van der Waals surface area contributed by atoms with Crippen LogP contribution in [0.5, 0.6) is 0 Å². The van der Waals surface area contributed by atoms with Crippen molar-refractivity contribution in [2.45, 2.75) is 19.9 Å². The van der Waals surface area contributed by atoms with Gasteiger partial charge in [-0.1, -0.05) is 41.9 Å². The molecule has 2 rings (SSSR count). The number of carbonyl (C=O) groups is 1. The molecule has 4 heteroatoms. The summed E-state index contributed by atoms with van der Waals surface area (Å²) in [7, 11) is 0. The van der Waals surface area contributed by atoms with Gasteiger partial charge in [-0.05, 0) is 41.0 Å². The van der Waals surface area contributed by atoms with Crippen molar-refractivity contribution in [2.75, 3.05) is 6.61 Å². The van der Waals surface area contributed by atoms with Crippen LogP contribution in [-0.2, 0) is 0 Å². The third-order valence-corrected chi connectivity index (χ3v) is 3.88. The Morgan fingerprint density at radius 1 is 1.20 bits per heavy atom. The fraction of sp³-hybridized carbons (Fsp3) is 0.312. The normalized spacial score (nSPS) is 12.7. The number of hydrogen-bond acceptors (Lipinski definition) is 2. The van der Waals surface area contributed by atoms with Gasteiger partial charge in [0.2, 0.25) is 0 Å². The zero-order valence-corrected chi connectivity index (χ0v) is 13.1.